The van der Waals surface area contributed by atoms with Gasteiger partial charge in [0.1, 0.15) is 41.7 Å². The third kappa shape index (κ3) is 10.8. The Morgan fingerprint density at radius 2 is 1.74 bits per heavy atom. The number of methoxy groups -OCH3 is 2. The number of nitrogens with zero attached hydrogens (tertiary/aromatic N) is 2. The fourth-order valence-electron chi connectivity index (χ4n) is 6.88. The molecule has 17 nitrogen and oxygen atoms in total. The summed E-state index contributed by atoms with van der Waals surface area (Å²) in [5.41, 5.74) is -3.81. The van der Waals surface area contributed by atoms with Crippen molar-refractivity contribution in [3.63, 3.8) is 0 Å². The highest BCUT2D eigenvalue weighted by molar-refractivity contribution is 7.85. The fraction of sp³-hybridized carbons (Fsp3) is 0.667. The van der Waals surface area contributed by atoms with Crippen LogP contribution in [-0.4, -0.2) is 111 Å². The highest BCUT2D eigenvalue weighted by Gasteiger charge is 2.62. The summed E-state index contributed by atoms with van der Waals surface area (Å²) in [5, 5.41) is 6.36. The molecule has 2 heterocycles. The molecule has 58 heavy (non-hydrogen) atoms. The average Bonchev–Trinajstić information content (AvgIpc) is 3.98. The van der Waals surface area contributed by atoms with Gasteiger partial charge in [0.25, 0.3) is 5.91 Å². The second kappa shape index (κ2) is 17.0. The van der Waals surface area contributed by atoms with E-state index in [1.54, 1.807) is 72.7 Å². The first-order valence-electron chi connectivity index (χ1n) is 19.3. The number of carbonyl (C=O) groups is 4. The summed E-state index contributed by atoms with van der Waals surface area (Å²) >= 11 is 6.56. The number of carbonyl (C=O) groups excluding carboxylic acids is 4. The molecule has 2 aromatic rings. The maximum Gasteiger partial charge on any atom is 0.408 e. The molecule has 3 fully saturated rings. The lowest BCUT2D eigenvalue weighted by Gasteiger charge is -2.36. The number of likely N-dealkylation sites (tertiary alicyclic amines) is 1. The van der Waals surface area contributed by atoms with E-state index in [0.29, 0.717) is 40.9 Å². The first-order chi connectivity index (χ1) is 26.9. The lowest BCUT2D eigenvalue weighted by Crippen LogP contribution is -2.60. The third-order valence-corrected chi connectivity index (χ3v) is 11.7. The van der Waals surface area contributed by atoms with Gasteiger partial charge in [0.2, 0.25) is 17.7 Å². The number of pyridine rings is 1. The van der Waals surface area contributed by atoms with Crippen molar-refractivity contribution in [3.05, 3.63) is 29.3 Å². The Morgan fingerprint density at radius 3 is 2.31 bits per heavy atom. The predicted octanol–water partition coefficient (Wildman–Crippen LogP) is 4.39. The van der Waals surface area contributed by atoms with Gasteiger partial charge in [0, 0.05) is 32.1 Å². The molecule has 19 heteroatoms. The van der Waals surface area contributed by atoms with Gasteiger partial charge in [-0.2, -0.15) is 8.42 Å². The molecule has 3 N–H and O–H groups in total. The molecule has 3 aliphatic rings. The number of ether oxygens (including phenoxy) is 5. The van der Waals surface area contributed by atoms with Crippen molar-refractivity contribution in [2.75, 3.05) is 27.4 Å². The van der Waals surface area contributed by atoms with Crippen LogP contribution in [-0.2, 0) is 43.1 Å². The summed E-state index contributed by atoms with van der Waals surface area (Å²) in [4.78, 5) is 61.7. The van der Waals surface area contributed by atoms with Crippen molar-refractivity contribution in [1.82, 2.24) is 25.2 Å². The van der Waals surface area contributed by atoms with E-state index in [2.05, 4.69) is 15.6 Å². The molecule has 1 aromatic carbocycles. The molecule has 1 aliphatic heterocycles. The van der Waals surface area contributed by atoms with Gasteiger partial charge < -0.3 is 39.2 Å². The van der Waals surface area contributed by atoms with E-state index in [1.807, 2.05) is 11.6 Å². The van der Waals surface area contributed by atoms with E-state index in [1.165, 1.54) is 19.1 Å². The number of amides is 4. The van der Waals surface area contributed by atoms with Gasteiger partial charge in [-0.05, 0) is 70.4 Å². The Bertz CT molecular complexity index is 2000. The van der Waals surface area contributed by atoms with Crippen LogP contribution in [0.5, 0.6) is 11.6 Å². The minimum atomic E-state index is -4.49. The highest BCUT2D eigenvalue weighted by Crippen LogP contribution is 2.47. The second-order valence-corrected chi connectivity index (χ2v) is 19.1. The summed E-state index contributed by atoms with van der Waals surface area (Å²) in [6.07, 6.45) is -0.720. The van der Waals surface area contributed by atoms with Crippen molar-refractivity contribution >= 4 is 56.6 Å². The van der Waals surface area contributed by atoms with E-state index in [4.69, 9.17) is 39.5 Å². The molecule has 322 valence electrons. The molecule has 0 spiro atoms. The molecule has 1 saturated heterocycles. The number of rotatable bonds is 16. The smallest absolute Gasteiger partial charge is 0.408 e. The van der Waals surface area contributed by atoms with Gasteiger partial charge in [0.05, 0.1) is 22.7 Å². The maximum absolute atomic E-state index is 14.7. The number of hydrogen-bond acceptors (Lipinski definition) is 13. The monoisotopic (exact) mass is 853 g/mol. The van der Waals surface area contributed by atoms with Crippen molar-refractivity contribution in [1.29, 1.82) is 0 Å². The summed E-state index contributed by atoms with van der Waals surface area (Å²) in [6.45, 7) is 13.7. The van der Waals surface area contributed by atoms with Gasteiger partial charge in [-0.1, -0.05) is 51.8 Å². The standard InChI is InChI=1S/C39H56ClN5O12S/c1-11-22-19-39(22,34(48)44-58(50,51)57-38(8)15-16-38)43-32(46)26-17-23(20-45(26)33(47)31(36(2,3)4)42-35(49)56-37(5,6)7)55-27-18-28(54-21-29(52-9)53-10)41-30-24(27)13-12-14-25(30)40/h12-14,18,22-23,26,29,31H,11,15-17,19-21H2,1-10H3,(H,42,49)(H,43,46)(H,44,48). The first kappa shape index (κ1) is 45.1. The van der Waals surface area contributed by atoms with Crippen LogP contribution in [0.1, 0.15) is 87.5 Å². The SMILES string of the molecule is CCC1CC1(NC(=O)C1CC(Oc2cc(OCC(OC)OC)nc3c(Cl)cccc23)CN1C(=O)C(NC(=O)OC(C)(C)C)C(C)(C)C)C(=O)NS(=O)(=O)OC1(C)CC1. The Labute approximate surface area is 344 Å². The van der Waals surface area contributed by atoms with Crippen molar-refractivity contribution in [3.8, 4) is 11.6 Å². The number of fused-ring (bicyclic) bond motifs is 1. The number of nitrogens with one attached hydrogen (secondary N) is 3. The molecule has 0 bridgehead atoms. The number of benzene rings is 1. The van der Waals surface area contributed by atoms with Crippen LogP contribution >= 0.6 is 11.6 Å². The molecule has 5 unspecified atom stereocenters. The second-order valence-electron chi connectivity index (χ2n) is 17.4. The van der Waals surface area contributed by atoms with Crippen LogP contribution < -0.4 is 24.8 Å². The maximum atomic E-state index is 14.7. The lowest BCUT2D eigenvalue weighted by atomic mass is 9.85. The van der Waals surface area contributed by atoms with Gasteiger partial charge in [-0.15, -0.1) is 0 Å². The Morgan fingerprint density at radius 1 is 1.07 bits per heavy atom. The predicted molar refractivity (Wildman–Crippen MR) is 212 cm³/mol. The van der Waals surface area contributed by atoms with Crippen LogP contribution in [0.2, 0.25) is 5.02 Å². The fourth-order valence-corrected chi connectivity index (χ4v) is 8.24. The Hall–Kier alpha value is -3.97. The van der Waals surface area contributed by atoms with Gasteiger partial charge >= 0.3 is 16.4 Å². The summed E-state index contributed by atoms with van der Waals surface area (Å²) in [5.74, 6) is -2.19. The number of para-hydroxylation sites is 1. The van der Waals surface area contributed by atoms with Gasteiger partial charge in [0.15, 0.2) is 6.29 Å². The summed E-state index contributed by atoms with van der Waals surface area (Å²) < 4.78 is 61.3. The zero-order valence-corrected chi connectivity index (χ0v) is 36.3. The largest absolute Gasteiger partial charge is 0.488 e. The molecule has 2 aliphatic carbocycles. The third-order valence-electron chi connectivity index (χ3n) is 10.4. The van der Waals surface area contributed by atoms with Gasteiger partial charge in [-0.25, -0.2) is 18.7 Å². The number of halogens is 1. The van der Waals surface area contributed by atoms with Crippen LogP contribution in [0.15, 0.2) is 24.3 Å². The minimum absolute atomic E-state index is 0.0109. The van der Waals surface area contributed by atoms with Crippen LogP contribution in [0.4, 0.5) is 4.79 Å². The van der Waals surface area contributed by atoms with Crippen LogP contribution in [0.3, 0.4) is 0 Å². The van der Waals surface area contributed by atoms with Crippen LogP contribution in [0.25, 0.3) is 10.9 Å². The van der Waals surface area contributed by atoms with E-state index < -0.39 is 80.8 Å². The molecule has 5 atom stereocenters. The molecule has 5 rings (SSSR count). The van der Waals surface area contributed by atoms with E-state index in [-0.39, 0.29) is 37.8 Å². The topological polar surface area (TPSA) is 210 Å². The zero-order valence-electron chi connectivity index (χ0n) is 34.7. The first-order valence-corrected chi connectivity index (χ1v) is 21.1. The summed E-state index contributed by atoms with van der Waals surface area (Å²) in [7, 11) is -1.55. The quantitative estimate of drug-likeness (QED) is 0.201. The number of alkyl carbamates (subject to hydrolysis) is 1. The number of hydrogen-bond donors (Lipinski definition) is 3. The van der Waals surface area contributed by atoms with Crippen molar-refractivity contribution < 1.29 is 55.5 Å². The van der Waals surface area contributed by atoms with E-state index >= 15 is 0 Å². The molecule has 2 saturated carbocycles. The lowest BCUT2D eigenvalue weighted by molar-refractivity contribution is -0.143. The van der Waals surface area contributed by atoms with Gasteiger partial charge in [-0.3, -0.25) is 14.4 Å². The molecular weight excluding hydrogens is 798 g/mol. The van der Waals surface area contributed by atoms with E-state index in [0.717, 1.165) is 0 Å². The van der Waals surface area contributed by atoms with Crippen molar-refractivity contribution in [2.45, 2.75) is 129 Å². The minimum Gasteiger partial charge on any atom is -0.488 e. The number of aromatic nitrogens is 1. The molecule has 0 radical (unpaired) electrons. The summed E-state index contributed by atoms with van der Waals surface area (Å²) in [6, 6.07) is 4.31. The van der Waals surface area contributed by atoms with E-state index in [9.17, 15) is 27.6 Å². The molecule has 1 aromatic heterocycles. The molecule has 4 amide bonds. The zero-order chi connectivity index (χ0) is 43.0. The van der Waals surface area contributed by atoms with Crippen LogP contribution in [0, 0.1) is 11.3 Å². The molecular formula is C39H56ClN5O12S. The normalized spacial score (nSPS) is 23.2. The van der Waals surface area contributed by atoms with Crippen molar-refractivity contribution in [2.24, 2.45) is 11.3 Å². The average molecular weight is 854 g/mol. The Kier molecular flexibility index (Phi) is 13.2. The Balaban J connectivity index is 1.47. The highest BCUT2D eigenvalue weighted by atomic mass is 35.5.